The fourth-order valence-corrected chi connectivity index (χ4v) is 4.33. The molecule has 35 heavy (non-hydrogen) atoms. The predicted octanol–water partition coefficient (Wildman–Crippen LogP) is 3.77. The zero-order valence-electron chi connectivity index (χ0n) is 20.7. The van der Waals surface area contributed by atoms with Gasteiger partial charge in [0.15, 0.2) is 0 Å². The van der Waals surface area contributed by atoms with Gasteiger partial charge in [0, 0.05) is 26.2 Å². The van der Waals surface area contributed by atoms with Crippen LogP contribution in [0.25, 0.3) is 0 Å². The molecule has 2 aliphatic heterocycles. The maximum Gasteiger partial charge on any atom is 0.410 e. The molecule has 3 amide bonds. The SMILES string of the molecule is CC(C)(C)OC(=O)N1CCC(C=CC(=O)N2CCC[C@@H](C(=O)Nc3ccccc3C(=O)O)C2)CC1. The molecule has 0 bridgehead atoms. The monoisotopic (exact) mass is 485 g/mol. The van der Waals surface area contributed by atoms with Crippen molar-refractivity contribution in [3.05, 3.63) is 42.0 Å². The van der Waals surface area contributed by atoms with Crippen LogP contribution in [0.3, 0.4) is 0 Å². The molecule has 2 N–H and O–H groups in total. The molecule has 3 rings (SSSR count). The van der Waals surface area contributed by atoms with Crippen LogP contribution < -0.4 is 5.32 Å². The molecule has 0 aromatic heterocycles. The van der Waals surface area contributed by atoms with Crippen molar-refractivity contribution in [2.75, 3.05) is 31.5 Å². The normalized spacial score (nSPS) is 19.5. The quantitative estimate of drug-likeness (QED) is 0.614. The van der Waals surface area contributed by atoms with Crippen LogP contribution in [0.1, 0.15) is 56.8 Å². The van der Waals surface area contributed by atoms with E-state index in [1.54, 1.807) is 34.1 Å². The van der Waals surface area contributed by atoms with Crippen molar-refractivity contribution in [3.63, 3.8) is 0 Å². The summed E-state index contributed by atoms with van der Waals surface area (Å²) in [6.07, 6.45) is 6.04. The van der Waals surface area contributed by atoms with Gasteiger partial charge in [-0.3, -0.25) is 9.59 Å². The fourth-order valence-electron chi connectivity index (χ4n) is 4.33. The third-order valence-corrected chi connectivity index (χ3v) is 6.22. The first-order valence-electron chi connectivity index (χ1n) is 12.1. The van der Waals surface area contributed by atoms with E-state index in [1.807, 2.05) is 26.8 Å². The maximum atomic E-state index is 12.8. The van der Waals surface area contributed by atoms with Gasteiger partial charge >= 0.3 is 12.1 Å². The van der Waals surface area contributed by atoms with E-state index in [2.05, 4.69) is 5.32 Å². The summed E-state index contributed by atoms with van der Waals surface area (Å²) in [4.78, 5) is 52.5. The molecule has 2 aliphatic rings. The van der Waals surface area contributed by atoms with E-state index in [-0.39, 0.29) is 35.1 Å². The molecule has 2 fully saturated rings. The third-order valence-electron chi connectivity index (χ3n) is 6.22. The molecule has 0 saturated carbocycles. The van der Waals surface area contributed by atoms with Gasteiger partial charge in [0.2, 0.25) is 11.8 Å². The highest BCUT2D eigenvalue weighted by Gasteiger charge is 2.29. The Hall–Kier alpha value is -3.36. The van der Waals surface area contributed by atoms with Crippen molar-refractivity contribution in [2.45, 2.75) is 52.1 Å². The number of aromatic carboxylic acids is 1. The number of amides is 3. The van der Waals surface area contributed by atoms with Crippen LogP contribution in [0.4, 0.5) is 10.5 Å². The van der Waals surface area contributed by atoms with E-state index in [4.69, 9.17) is 4.74 Å². The minimum atomic E-state index is -1.11. The van der Waals surface area contributed by atoms with Gasteiger partial charge in [-0.15, -0.1) is 0 Å². The molecule has 190 valence electrons. The number of rotatable bonds is 5. The van der Waals surface area contributed by atoms with Crippen LogP contribution in [0.15, 0.2) is 36.4 Å². The van der Waals surface area contributed by atoms with Crippen molar-refractivity contribution in [2.24, 2.45) is 11.8 Å². The first kappa shape index (κ1) is 26.2. The van der Waals surface area contributed by atoms with Gasteiger partial charge in [0.05, 0.1) is 17.2 Å². The predicted molar refractivity (Wildman–Crippen MR) is 131 cm³/mol. The standard InChI is InChI=1S/C26H35N3O6/c1-26(2,3)35-25(34)28-15-12-18(13-16-28)10-11-22(30)29-14-6-7-19(17-29)23(31)27-21-9-5-4-8-20(21)24(32)33/h4-5,8-11,18-19H,6-7,12-17H2,1-3H3,(H,27,31)(H,32,33)/t19-/m1/s1. The fraction of sp³-hybridized carbons (Fsp3) is 0.538. The van der Waals surface area contributed by atoms with Gasteiger partial charge in [0.25, 0.3) is 0 Å². The van der Waals surface area contributed by atoms with Crippen molar-refractivity contribution in [1.82, 2.24) is 9.80 Å². The lowest BCUT2D eigenvalue weighted by molar-refractivity contribution is -0.130. The Kier molecular flexibility index (Phi) is 8.53. The van der Waals surface area contributed by atoms with Crippen LogP contribution in [0.5, 0.6) is 0 Å². The maximum absolute atomic E-state index is 12.8. The van der Waals surface area contributed by atoms with Gasteiger partial charge < -0.3 is 25.0 Å². The van der Waals surface area contributed by atoms with E-state index in [9.17, 15) is 24.3 Å². The number of carbonyl (C=O) groups excluding carboxylic acids is 3. The number of carbonyl (C=O) groups is 4. The second kappa shape index (κ2) is 11.4. The van der Waals surface area contributed by atoms with Crippen LogP contribution in [0.2, 0.25) is 0 Å². The minimum absolute atomic E-state index is 0.0326. The molecule has 0 aliphatic carbocycles. The molecule has 1 aromatic carbocycles. The first-order chi connectivity index (χ1) is 16.5. The number of piperidine rings is 2. The highest BCUT2D eigenvalue weighted by molar-refractivity contribution is 6.01. The Morgan fingerprint density at radius 3 is 2.37 bits per heavy atom. The Morgan fingerprint density at radius 2 is 1.71 bits per heavy atom. The Bertz CT molecular complexity index is 976. The Balaban J connectivity index is 1.49. The molecule has 1 atom stereocenters. The summed E-state index contributed by atoms with van der Waals surface area (Å²) in [6, 6.07) is 6.27. The van der Waals surface area contributed by atoms with Crippen LogP contribution >= 0.6 is 0 Å². The van der Waals surface area contributed by atoms with Gasteiger partial charge in [0.1, 0.15) is 5.60 Å². The first-order valence-corrected chi connectivity index (χ1v) is 12.1. The van der Waals surface area contributed by atoms with E-state index < -0.39 is 17.5 Å². The van der Waals surface area contributed by atoms with Crippen molar-refractivity contribution >= 4 is 29.6 Å². The number of carboxylic acid groups (broad SMARTS) is 1. The summed E-state index contributed by atoms with van der Waals surface area (Å²) in [5, 5.41) is 12.0. The molecular formula is C26H35N3O6. The Morgan fingerprint density at radius 1 is 1.03 bits per heavy atom. The minimum Gasteiger partial charge on any atom is -0.478 e. The van der Waals surface area contributed by atoms with Crippen molar-refractivity contribution in [1.29, 1.82) is 0 Å². The number of anilines is 1. The van der Waals surface area contributed by atoms with Crippen LogP contribution in [-0.4, -0.2) is 70.6 Å². The van der Waals surface area contributed by atoms with Crippen LogP contribution in [-0.2, 0) is 14.3 Å². The van der Waals surface area contributed by atoms with E-state index in [0.717, 1.165) is 12.8 Å². The number of likely N-dealkylation sites (tertiary alicyclic amines) is 2. The van der Waals surface area contributed by atoms with E-state index in [0.29, 0.717) is 39.0 Å². The molecule has 0 radical (unpaired) electrons. The number of nitrogens with zero attached hydrogens (tertiary/aromatic N) is 2. The summed E-state index contributed by atoms with van der Waals surface area (Å²) in [7, 11) is 0. The topological polar surface area (TPSA) is 116 Å². The molecule has 0 spiro atoms. The summed E-state index contributed by atoms with van der Waals surface area (Å²) >= 11 is 0. The number of hydrogen-bond acceptors (Lipinski definition) is 5. The second-order valence-corrected chi connectivity index (χ2v) is 10.1. The zero-order chi connectivity index (χ0) is 25.6. The lowest BCUT2D eigenvalue weighted by Crippen LogP contribution is -2.43. The molecular weight excluding hydrogens is 450 g/mol. The summed E-state index contributed by atoms with van der Waals surface area (Å²) in [5.74, 6) is -1.73. The number of hydrogen-bond donors (Lipinski definition) is 2. The average Bonchev–Trinajstić information content (AvgIpc) is 2.82. The largest absolute Gasteiger partial charge is 0.478 e. The number of benzene rings is 1. The number of para-hydroxylation sites is 1. The number of allylic oxidation sites excluding steroid dienone is 1. The van der Waals surface area contributed by atoms with Gasteiger partial charge in [-0.05, 0) is 70.6 Å². The van der Waals surface area contributed by atoms with Crippen molar-refractivity contribution in [3.8, 4) is 0 Å². The average molecular weight is 486 g/mol. The molecule has 9 heteroatoms. The van der Waals surface area contributed by atoms with Crippen LogP contribution in [0, 0.1) is 11.8 Å². The van der Waals surface area contributed by atoms with E-state index in [1.165, 1.54) is 6.07 Å². The highest BCUT2D eigenvalue weighted by Crippen LogP contribution is 2.23. The van der Waals surface area contributed by atoms with Gasteiger partial charge in [-0.2, -0.15) is 0 Å². The molecule has 0 unspecified atom stereocenters. The number of nitrogens with one attached hydrogen (secondary N) is 1. The molecule has 2 saturated heterocycles. The van der Waals surface area contributed by atoms with Gasteiger partial charge in [-0.25, -0.2) is 9.59 Å². The van der Waals surface area contributed by atoms with Gasteiger partial charge in [-0.1, -0.05) is 18.2 Å². The molecule has 9 nitrogen and oxygen atoms in total. The lowest BCUT2D eigenvalue weighted by atomic mass is 9.95. The third kappa shape index (κ3) is 7.56. The number of ether oxygens (including phenoxy) is 1. The summed E-state index contributed by atoms with van der Waals surface area (Å²) in [5.41, 5.74) is -0.236. The highest BCUT2D eigenvalue weighted by atomic mass is 16.6. The summed E-state index contributed by atoms with van der Waals surface area (Å²) < 4.78 is 5.42. The summed E-state index contributed by atoms with van der Waals surface area (Å²) in [6.45, 7) is 7.57. The second-order valence-electron chi connectivity index (χ2n) is 10.1. The number of carboxylic acids is 1. The van der Waals surface area contributed by atoms with Crippen molar-refractivity contribution < 1.29 is 29.0 Å². The molecule has 1 aromatic rings. The smallest absolute Gasteiger partial charge is 0.410 e. The lowest BCUT2D eigenvalue weighted by Gasteiger charge is -2.33. The Labute approximate surface area is 206 Å². The molecule has 2 heterocycles. The van der Waals surface area contributed by atoms with E-state index >= 15 is 0 Å². The zero-order valence-corrected chi connectivity index (χ0v) is 20.7.